The molecule has 5 aliphatic rings. The van der Waals surface area contributed by atoms with Crippen LogP contribution in [0.25, 0.3) is 0 Å². The van der Waals surface area contributed by atoms with Crippen LogP contribution in [0, 0.1) is 23.7 Å². The average Bonchev–Trinajstić information content (AvgIpc) is 3.27. The van der Waals surface area contributed by atoms with Gasteiger partial charge in [-0.1, -0.05) is 75.8 Å². The predicted molar refractivity (Wildman–Crippen MR) is 163 cm³/mol. The summed E-state index contributed by atoms with van der Waals surface area (Å²) in [7, 11) is 0. The third-order valence-corrected chi connectivity index (χ3v) is 9.76. The first-order valence-electron chi connectivity index (χ1n) is 16.0. The average molecular weight is 599 g/mol. The molecule has 238 valence electrons. The number of aliphatic hydroxyl groups excluding tert-OH is 2. The van der Waals surface area contributed by atoms with Gasteiger partial charge in [0.25, 0.3) is 0 Å². The number of esters is 1. The fourth-order valence-electron chi connectivity index (χ4n) is 7.31. The van der Waals surface area contributed by atoms with Crippen molar-refractivity contribution in [3.63, 3.8) is 0 Å². The maximum absolute atomic E-state index is 14.0. The van der Waals surface area contributed by atoms with E-state index < -0.39 is 47.7 Å². The van der Waals surface area contributed by atoms with Crippen LogP contribution in [0.1, 0.15) is 73.6 Å². The van der Waals surface area contributed by atoms with Gasteiger partial charge in [-0.05, 0) is 62.0 Å². The molecule has 4 aliphatic heterocycles. The SMILES string of the molecule is CC1=C[C@H]2C(=O)O[C@H]3CC(C/C=C(\C)C[C@@H](C)/C=C/C=C4\CO[C@H]([C@@H]1O)[C@@]42O)O[C@@]1(C3)O[C@H](/C=C/C(C)C)[C@@H](C)CC1O. The quantitative estimate of drug-likeness (QED) is 0.310. The maximum atomic E-state index is 14.0. The molecule has 3 saturated heterocycles. The van der Waals surface area contributed by atoms with Crippen molar-refractivity contribution in [2.24, 2.45) is 23.7 Å². The molecule has 3 fully saturated rings. The number of carbonyl (C=O) groups is 1. The van der Waals surface area contributed by atoms with E-state index in [1.807, 2.05) is 6.08 Å². The number of fused-ring (bicyclic) bond motifs is 2. The number of carbonyl (C=O) groups excluding carboxylic acids is 1. The summed E-state index contributed by atoms with van der Waals surface area (Å²) in [5.41, 5.74) is 0.551. The molecule has 8 heteroatoms. The first kappa shape index (κ1) is 32.3. The van der Waals surface area contributed by atoms with E-state index in [9.17, 15) is 20.1 Å². The highest BCUT2D eigenvalue weighted by atomic mass is 16.7. The van der Waals surface area contributed by atoms with Crippen molar-refractivity contribution in [2.75, 3.05) is 6.61 Å². The molecule has 1 spiro atoms. The van der Waals surface area contributed by atoms with Gasteiger partial charge in [-0.2, -0.15) is 0 Å². The van der Waals surface area contributed by atoms with Crippen LogP contribution < -0.4 is 0 Å². The van der Waals surface area contributed by atoms with Crippen LogP contribution in [0.5, 0.6) is 0 Å². The standard InChI is InChI=1S/C35H50O8/c1-20(2)10-13-29-23(5)16-30(36)34(43-29)18-27-17-26(42-34)12-11-22(4)14-21(3)8-7-9-25-19-40-32-31(37)24(6)15-28(33(38)41-27)35(25,32)39/h7-11,13,15,20-21,23,26-32,36-37,39H,12,14,16-19H2,1-6H3/b8-7+,13-10+,22-11+,25-9+/t21-,23-,26?,27-,28-,29+,30?,31+,32+,34-,35+/m0/s1. The van der Waals surface area contributed by atoms with Crippen LogP contribution in [0.15, 0.2) is 59.3 Å². The molecule has 2 unspecified atom stereocenters. The van der Waals surface area contributed by atoms with Crippen LogP contribution >= 0.6 is 0 Å². The zero-order valence-electron chi connectivity index (χ0n) is 26.4. The number of ether oxygens (including phenoxy) is 4. The third-order valence-electron chi connectivity index (χ3n) is 9.76. The van der Waals surface area contributed by atoms with E-state index in [4.69, 9.17) is 18.9 Å². The molecule has 0 aromatic rings. The number of aliphatic hydroxyl groups is 3. The number of rotatable bonds is 2. The summed E-state index contributed by atoms with van der Waals surface area (Å²) >= 11 is 0. The molecule has 0 radical (unpaired) electrons. The summed E-state index contributed by atoms with van der Waals surface area (Å²) in [6.45, 7) is 12.3. The fraction of sp³-hybridized carbons (Fsp3) is 0.686. The molecule has 11 atom stereocenters. The Morgan fingerprint density at radius 2 is 1.86 bits per heavy atom. The molecule has 0 saturated carbocycles. The van der Waals surface area contributed by atoms with Crippen molar-refractivity contribution in [3.8, 4) is 0 Å². The van der Waals surface area contributed by atoms with Gasteiger partial charge in [0.1, 0.15) is 35.9 Å². The summed E-state index contributed by atoms with van der Waals surface area (Å²) in [6.07, 6.45) is 12.1. The Morgan fingerprint density at radius 1 is 1.09 bits per heavy atom. The molecular weight excluding hydrogens is 548 g/mol. The van der Waals surface area contributed by atoms with Gasteiger partial charge < -0.3 is 34.3 Å². The first-order valence-corrected chi connectivity index (χ1v) is 16.0. The summed E-state index contributed by atoms with van der Waals surface area (Å²) in [5.74, 6) is -2.32. The zero-order valence-corrected chi connectivity index (χ0v) is 26.4. The van der Waals surface area contributed by atoms with Gasteiger partial charge in [0.15, 0.2) is 5.79 Å². The fourth-order valence-corrected chi connectivity index (χ4v) is 7.31. The monoisotopic (exact) mass is 598 g/mol. The lowest BCUT2D eigenvalue weighted by Gasteiger charge is -2.51. The maximum Gasteiger partial charge on any atom is 0.316 e. The molecular formula is C35H50O8. The summed E-state index contributed by atoms with van der Waals surface area (Å²) in [4.78, 5) is 14.0. The Hall–Kier alpha value is -2.07. The highest BCUT2D eigenvalue weighted by molar-refractivity contribution is 5.78. The van der Waals surface area contributed by atoms with E-state index >= 15 is 0 Å². The second-order valence-corrected chi connectivity index (χ2v) is 13.9. The second-order valence-electron chi connectivity index (χ2n) is 13.9. The van der Waals surface area contributed by atoms with Gasteiger partial charge in [-0.3, -0.25) is 4.79 Å². The lowest BCUT2D eigenvalue weighted by Crippen LogP contribution is -2.61. The lowest BCUT2D eigenvalue weighted by molar-refractivity contribution is -0.362. The molecule has 2 bridgehead atoms. The molecule has 43 heavy (non-hydrogen) atoms. The Morgan fingerprint density at radius 3 is 2.60 bits per heavy atom. The van der Waals surface area contributed by atoms with Gasteiger partial charge >= 0.3 is 5.97 Å². The van der Waals surface area contributed by atoms with Crippen LogP contribution in [0.3, 0.4) is 0 Å². The lowest BCUT2D eigenvalue weighted by atomic mass is 9.71. The third kappa shape index (κ3) is 6.51. The minimum atomic E-state index is -1.75. The highest BCUT2D eigenvalue weighted by Gasteiger charge is 2.60. The molecule has 0 aromatic carbocycles. The molecule has 4 heterocycles. The molecule has 3 N–H and O–H groups in total. The van der Waals surface area contributed by atoms with Crippen LogP contribution in [0.4, 0.5) is 0 Å². The number of allylic oxidation sites excluding steroid dienone is 5. The Labute approximate surface area is 256 Å². The van der Waals surface area contributed by atoms with E-state index in [0.29, 0.717) is 36.3 Å². The second kappa shape index (κ2) is 12.7. The van der Waals surface area contributed by atoms with Gasteiger partial charge in [0, 0.05) is 12.8 Å². The minimum absolute atomic E-state index is 0.0864. The Balaban J connectivity index is 1.52. The van der Waals surface area contributed by atoms with E-state index in [1.165, 1.54) is 5.57 Å². The van der Waals surface area contributed by atoms with Crippen molar-refractivity contribution in [1.82, 2.24) is 0 Å². The van der Waals surface area contributed by atoms with Crippen LogP contribution in [-0.2, 0) is 23.7 Å². The van der Waals surface area contributed by atoms with E-state index in [1.54, 1.807) is 19.1 Å². The van der Waals surface area contributed by atoms with E-state index in [2.05, 4.69) is 58.9 Å². The summed E-state index contributed by atoms with van der Waals surface area (Å²) in [6, 6.07) is 0. The van der Waals surface area contributed by atoms with Gasteiger partial charge in [-0.25, -0.2) is 0 Å². The zero-order chi connectivity index (χ0) is 31.1. The summed E-state index contributed by atoms with van der Waals surface area (Å²) in [5, 5.41) is 34.4. The largest absolute Gasteiger partial charge is 0.462 e. The van der Waals surface area contributed by atoms with Gasteiger partial charge in [0.2, 0.25) is 0 Å². The topological polar surface area (TPSA) is 115 Å². The van der Waals surface area contributed by atoms with E-state index in [0.717, 1.165) is 6.42 Å². The highest BCUT2D eigenvalue weighted by Crippen LogP contribution is 2.47. The van der Waals surface area contributed by atoms with Gasteiger partial charge in [0.05, 0.1) is 18.8 Å². The van der Waals surface area contributed by atoms with Crippen molar-refractivity contribution in [2.45, 2.75) is 122 Å². The predicted octanol–water partition coefficient (Wildman–Crippen LogP) is 4.70. The van der Waals surface area contributed by atoms with Gasteiger partial charge in [-0.15, -0.1) is 0 Å². The molecule has 5 rings (SSSR count). The first-order chi connectivity index (χ1) is 20.3. The summed E-state index contributed by atoms with van der Waals surface area (Å²) < 4.78 is 25.3. The van der Waals surface area contributed by atoms with E-state index in [-0.39, 0.29) is 37.1 Å². The number of hydrogen-bond acceptors (Lipinski definition) is 8. The minimum Gasteiger partial charge on any atom is -0.462 e. The van der Waals surface area contributed by atoms with Crippen LogP contribution in [-0.4, -0.2) is 75.9 Å². The Kier molecular flexibility index (Phi) is 9.58. The van der Waals surface area contributed by atoms with Crippen molar-refractivity contribution < 1.29 is 39.1 Å². The smallest absolute Gasteiger partial charge is 0.316 e. The number of hydrogen-bond donors (Lipinski definition) is 3. The Bertz CT molecular complexity index is 1200. The van der Waals surface area contributed by atoms with Crippen molar-refractivity contribution in [3.05, 3.63) is 59.3 Å². The molecule has 0 amide bonds. The van der Waals surface area contributed by atoms with Crippen molar-refractivity contribution in [1.29, 1.82) is 0 Å². The molecule has 0 aromatic heterocycles. The normalized spacial score (nSPS) is 47.3. The van der Waals surface area contributed by atoms with Crippen molar-refractivity contribution >= 4 is 5.97 Å². The molecule has 1 aliphatic carbocycles. The van der Waals surface area contributed by atoms with Crippen LogP contribution in [0.2, 0.25) is 0 Å². The molecule has 8 nitrogen and oxygen atoms in total.